The van der Waals surface area contributed by atoms with E-state index in [2.05, 4.69) is 16.0 Å². The molecule has 45 heavy (non-hydrogen) atoms. The molecule has 4 aromatic rings. The van der Waals surface area contributed by atoms with Crippen LogP contribution in [-0.2, 0) is 0 Å². The second kappa shape index (κ2) is 13.0. The summed E-state index contributed by atoms with van der Waals surface area (Å²) in [4.78, 5) is 85.3. The highest BCUT2D eigenvalue weighted by Crippen LogP contribution is 2.22. The molecule has 0 fully saturated rings. The lowest BCUT2D eigenvalue weighted by Gasteiger charge is -2.13. The predicted molar refractivity (Wildman–Crippen MR) is 157 cm³/mol. The lowest BCUT2D eigenvalue weighted by atomic mass is 10.1. The van der Waals surface area contributed by atoms with Crippen LogP contribution in [-0.4, -0.2) is 62.0 Å². The van der Waals surface area contributed by atoms with E-state index in [1.54, 1.807) is 18.2 Å². The molecule has 4 rings (SSSR count). The third-order valence-electron chi connectivity index (χ3n) is 6.12. The van der Waals surface area contributed by atoms with E-state index in [-0.39, 0.29) is 33.8 Å². The first-order chi connectivity index (χ1) is 21.3. The average molecular weight is 612 g/mol. The Morgan fingerprint density at radius 2 is 0.622 bits per heavy atom. The fourth-order valence-electron chi connectivity index (χ4n) is 4.05. The van der Waals surface area contributed by atoms with E-state index in [1.165, 1.54) is 24.3 Å². The summed E-state index contributed by atoms with van der Waals surface area (Å²) in [6, 6.07) is 17.4. The zero-order valence-corrected chi connectivity index (χ0v) is 22.7. The maximum atomic E-state index is 13.3. The molecule has 0 saturated heterocycles. The number of carbonyl (C=O) groups is 7. The van der Waals surface area contributed by atoms with Gasteiger partial charge < -0.3 is 36.4 Å². The molecular formula is C31H21N3O11. The Labute approximate surface area is 252 Å². The minimum absolute atomic E-state index is 0.0299. The largest absolute Gasteiger partial charge is 0.478 e. The molecule has 0 saturated carbocycles. The molecule has 0 aliphatic carbocycles. The van der Waals surface area contributed by atoms with Crippen molar-refractivity contribution in [3.63, 3.8) is 0 Å². The van der Waals surface area contributed by atoms with Crippen molar-refractivity contribution in [1.29, 1.82) is 0 Å². The highest BCUT2D eigenvalue weighted by atomic mass is 16.4. The Balaban J connectivity index is 1.73. The van der Waals surface area contributed by atoms with Gasteiger partial charge >= 0.3 is 23.9 Å². The molecule has 0 radical (unpaired) electrons. The monoisotopic (exact) mass is 611 g/mol. The number of nitrogens with one attached hydrogen (secondary N) is 3. The first-order valence-corrected chi connectivity index (χ1v) is 12.7. The minimum atomic E-state index is -1.45. The number of rotatable bonds is 10. The number of hydrogen-bond acceptors (Lipinski definition) is 7. The Hall–Kier alpha value is -6.83. The number of anilines is 3. The van der Waals surface area contributed by atoms with Gasteiger partial charge in [-0.25, -0.2) is 19.2 Å². The molecular weight excluding hydrogens is 590 g/mol. The molecule has 0 unspecified atom stereocenters. The number of amides is 3. The fraction of sp³-hybridized carbons (Fsp3) is 0. The molecule has 14 nitrogen and oxygen atoms in total. The normalized spacial score (nSPS) is 10.3. The van der Waals surface area contributed by atoms with Crippen LogP contribution in [0.25, 0.3) is 0 Å². The van der Waals surface area contributed by atoms with Crippen LogP contribution in [0.3, 0.4) is 0 Å². The van der Waals surface area contributed by atoms with E-state index < -0.39 is 63.9 Å². The average Bonchev–Trinajstić information content (AvgIpc) is 3.00. The molecule has 7 N–H and O–H groups in total. The molecule has 3 amide bonds. The maximum Gasteiger partial charge on any atom is 0.335 e. The number of benzene rings is 4. The van der Waals surface area contributed by atoms with E-state index in [4.69, 9.17) is 0 Å². The second-order valence-electron chi connectivity index (χ2n) is 9.35. The Kier molecular flexibility index (Phi) is 8.99. The summed E-state index contributed by atoms with van der Waals surface area (Å²) in [5.74, 6) is -8.22. The van der Waals surface area contributed by atoms with Gasteiger partial charge in [0.05, 0.1) is 22.3 Å². The quantitative estimate of drug-likeness (QED) is 0.134. The van der Waals surface area contributed by atoms with Crippen molar-refractivity contribution in [3.8, 4) is 0 Å². The Morgan fingerprint density at radius 1 is 0.356 bits per heavy atom. The van der Waals surface area contributed by atoms with Crippen LogP contribution in [0.15, 0.2) is 84.9 Å². The van der Waals surface area contributed by atoms with Crippen molar-refractivity contribution < 1.29 is 54.0 Å². The molecule has 14 heteroatoms. The highest BCUT2D eigenvalue weighted by Gasteiger charge is 2.19. The Bertz CT molecular complexity index is 1730. The van der Waals surface area contributed by atoms with Gasteiger partial charge in [-0.3, -0.25) is 14.4 Å². The summed E-state index contributed by atoms with van der Waals surface area (Å²) < 4.78 is 0. The van der Waals surface area contributed by atoms with Gasteiger partial charge in [-0.15, -0.1) is 0 Å². The molecule has 0 aromatic heterocycles. The van der Waals surface area contributed by atoms with Crippen LogP contribution in [0.5, 0.6) is 0 Å². The van der Waals surface area contributed by atoms with Gasteiger partial charge in [-0.05, 0) is 66.7 Å². The summed E-state index contributed by atoms with van der Waals surface area (Å²) in [5, 5.41) is 44.7. The number of carbonyl (C=O) groups excluding carboxylic acids is 3. The van der Waals surface area contributed by atoms with Crippen molar-refractivity contribution in [1.82, 2.24) is 0 Å². The third kappa shape index (κ3) is 7.72. The van der Waals surface area contributed by atoms with Crippen LogP contribution < -0.4 is 16.0 Å². The van der Waals surface area contributed by atoms with Gasteiger partial charge in [0.2, 0.25) is 0 Å². The highest BCUT2D eigenvalue weighted by molar-refractivity contribution is 6.12. The van der Waals surface area contributed by atoms with Crippen molar-refractivity contribution in [3.05, 3.63) is 124 Å². The Morgan fingerprint density at radius 3 is 0.933 bits per heavy atom. The first-order valence-electron chi connectivity index (χ1n) is 12.7. The summed E-state index contributed by atoms with van der Waals surface area (Å²) in [6.07, 6.45) is 0. The molecule has 226 valence electrons. The molecule has 0 aliphatic heterocycles. The van der Waals surface area contributed by atoms with E-state index in [1.807, 2.05) is 0 Å². The van der Waals surface area contributed by atoms with Gasteiger partial charge in [-0.1, -0.05) is 18.2 Å². The zero-order chi connectivity index (χ0) is 32.8. The van der Waals surface area contributed by atoms with Crippen molar-refractivity contribution in [2.75, 3.05) is 16.0 Å². The van der Waals surface area contributed by atoms with Gasteiger partial charge in [-0.2, -0.15) is 0 Å². The minimum Gasteiger partial charge on any atom is -0.478 e. The summed E-state index contributed by atoms with van der Waals surface area (Å²) in [5.41, 5.74) is -2.28. The molecule has 0 bridgehead atoms. The van der Waals surface area contributed by atoms with Gasteiger partial charge in [0.25, 0.3) is 17.7 Å². The standard InChI is InChI=1S/C31H21N3O11/c35-25(15-4-2-1-3-5-15)32-22-9-16(26(36)33-23-11-18(28(38)39)7-19(12-23)29(40)41)6-17(10-22)27(37)34-24-13-20(30(42)43)8-21(14-24)31(44)45/h1-14H,(H,32,35)(H,33,36)(H,34,37)(H,38,39)(H,40,41)(H,42,43)(H,44,45). The summed E-state index contributed by atoms with van der Waals surface area (Å²) in [6.45, 7) is 0. The van der Waals surface area contributed by atoms with Crippen LogP contribution in [0.2, 0.25) is 0 Å². The number of carboxylic acids is 4. The zero-order valence-electron chi connectivity index (χ0n) is 22.7. The van der Waals surface area contributed by atoms with E-state index >= 15 is 0 Å². The van der Waals surface area contributed by atoms with Crippen molar-refractivity contribution in [2.24, 2.45) is 0 Å². The lowest BCUT2D eigenvalue weighted by Crippen LogP contribution is -2.19. The number of carboxylic acid groups (broad SMARTS) is 4. The summed E-state index contributed by atoms with van der Waals surface area (Å²) >= 11 is 0. The van der Waals surface area contributed by atoms with Gasteiger partial charge in [0, 0.05) is 33.8 Å². The smallest absolute Gasteiger partial charge is 0.335 e. The van der Waals surface area contributed by atoms with E-state index in [9.17, 15) is 54.0 Å². The van der Waals surface area contributed by atoms with Gasteiger partial charge in [0.1, 0.15) is 0 Å². The second-order valence-corrected chi connectivity index (χ2v) is 9.35. The third-order valence-corrected chi connectivity index (χ3v) is 6.12. The van der Waals surface area contributed by atoms with Crippen LogP contribution in [0.4, 0.5) is 17.1 Å². The number of aromatic carboxylic acids is 4. The SMILES string of the molecule is O=C(O)c1cc(NC(=O)c2cc(NC(=O)c3ccccc3)cc(C(=O)Nc3cc(C(=O)O)cc(C(=O)O)c3)c2)cc(C(=O)O)c1. The van der Waals surface area contributed by atoms with Crippen molar-refractivity contribution >= 4 is 58.7 Å². The summed E-state index contributed by atoms with van der Waals surface area (Å²) in [7, 11) is 0. The molecule has 0 aliphatic rings. The molecule has 0 spiro atoms. The molecule has 0 heterocycles. The maximum absolute atomic E-state index is 13.3. The first kappa shape index (κ1) is 31.1. The molecule has 0 atom stereocenters. The van der Waals surface area contributed by atoms with Crippen LogP contribution in [0.1, 0.15) is 72.5 Å². The predicted octanol–water partition coefficient (Wildman–Crippen LogP) is 4.24. The van der Waals surface area contributed by atoms with E-state index in [0.29, 0.717) is 0 Å². The van der Waals surface area contributed by atoms with Crippen molar-refractivity contribution in [2.45, 2.75) is 0 Å². The van der Waals surface area contributed by atoms with Crippen LogP contribution in [0, 0.1) is 0 Å². The topological polar surface area (TPSA) is 236 Å². The lowest BCUT2D eigenvalue weighted by molar-refractivity contribution is 0.0676. The van der Waals surface area contributed by atoms with Gasteiger partial charge in [0.15, 0.2) is 0 Å². The fourth-order valence-corrected chi connectivity index (χ4v) is 4.05. The number of hydrogen-bond donors (Lipinski definition) is 7. The van der Waals surface area contributed by atoms with E-state index in [0.717, 1.165) is 42.5 Å². The van der Waals surface area contributed by atoms with Crippen LogP contribution >= 0.6 is 0 Å². The molecule has 4 aromatic carbocycles.